The number of hydrogen-bond acceptors (Lipinski definition) is 3. The van der Waals surface area contributed by atoms with Crippen LogP contribution in [0.2, 0.25) is 0 Å². The third-order valence-corrected chi connectivity index (χ3v) is 4.51. The molecule has 0 fully saturated rings. The van der Waals surface area contributed by atoms with Crippen molar-refractivity contribution < 1.29 is 5.11 Å². The number of nitrogens with two attached hydrogens (primary N) is 1. The monoisotopic (exact) mass is 303 g/mol. The van der Waals surface area contributed by atoms with Gasteiger partial charge in [0.25, 0.3) is 0 Å². The van der Waals surface area contributed by atoms with Gasteiger partial charge in [0.15, 0.2) is 0 Å². The van der Waals surface area contributed by atoms with Crippen LogP contribution in [0, 0.1) is 5.92 Å². The van der Waals surface area contributed by atoms with Crippen molar-refractivity contribution in [1.82, 2.24) is 0 Å². The summed E-state index contributed by atoms with van der Waals surface area (Å²) in [5, 5.41) is 9.30. The molecule has 1 rings (SSSR count). The Balaban J connectivity index is 2.57. The predicted molar refractivity (Wildman–Crippen MR) is 74.6 cm³/mol. The average molecular weight is 304 g/mol. The smallest absolute Gasteiger partial charge is 0.0464 e. The molecular weight excluding hydrogens is 286 g/mol. The van der Waals surface area contributed by atoms with Gasteiger partial charge in [-0.2, -0.15) is 11.8 Å². The molecule has 4 heteroatoms. The summed E-state index contributed by atoms with van der Waals surface area (Å²) >= 11 is 5.23. The van der Waals surface area contributed by atoms with E-state index in [1.807, 2.05) is 30.8 Å². The van der Waals surface area contributed by atoms with Crippen LogP contribution < -0.4 is 5.73 Å². The predicted octanol–water partition coefficient (Wildman–Crippen LogP) is 2.81. The number of benzene rings is 1. The fraction of sp³-hybridized carbons (Fsp3) is 0.500. The maximum atomic E-state index is 8.98. The highest BCUT2D eigenvalue weighted by molar-refractivity contribution is 9.10. The van der Waals surface area contributed by atoms with Gasteiger partial charge in [0.05, 0.1) is 0 Å². The quantitative estimate of drug-likeness (QED) is 0.849. The minimum Gasteiger partial charge on any atom is -0.396 e. The minimum atomic E-state index is 0.241. The minimum absolute atomic E-state index is 0.241. The summed E-state index contributed by atoms with van der Waals surface area (Å²) in [6, 6.07) is 8.26. The highest BCUT2D eigenvalue weighted by Gasteiger charge is 2.11. The van der Waals surface area contributed by atoms with Crippen LogP contribution >= 0.6 is 27.7 Å². The maximum absolute atomic E-state index is 8.98. The molecule has 0 aliphatic rings. The van der Waals surface area contributed by atoms with Gasteiger partial charge in [-0.3, -0.25) is 0 Å². The zero-order valence-electron chi connectivity index (χ0n) is 9.40. The molecule has 90 valence electrons. The molecule has 0 aliphatic carbocycles. The molecule has 0 amide bonds. The third-order valence-electron chi connectivity index (χ3n) is 2.35. The van der Waals surface area contributed by atoms with Crippen LogP contribution in [0.1, 0.15) is 17.7 Å². The summed E-state index contributed by atoms with van der Waals surface area (Å²) in [5.41, 5.74) is 7.03. The number of hydrogen-bond donors (Lipinski definition) is 2. The lowest BCUT2D eigenvalue weighted by atomic mass is 10.1. The Morgan fingerprint density at radius 2 is 2.00 bits per heavy atom. The molecule has 1 aromatic carbocycles. The lowest BCUT2D eigenvalue weighted by Gasteiger charge is -2.17. The SMILES string of the molecule is CC(CO)CSC(CN)c1ccc(Br)cc1. The van der Waals surface area contributed by atoms with E-state index in [1.165, 1.54) is 5.56 Å². The van der Waals surface area contributed by atoms with Crippen LogP contribution in [0.3, 0.4) is 0 Å². The van der Waals surface area contributed by atoms with E-state index in [1.54, 1.807) is 0 Å². The normalized spacial score (nSPS) is 14.8. The molecule has 0 radical (unpaired) electrons. The standard InChI is InChI=1S/C12H18BrNOS/c1-9(7-15)8-16-12(6-14)10-2-4-11(13)5-3-10/h2-5,9,12,15H,6-8,14H2,1H3. The number of aliphatic hydroxyl groups is 1. The summed E-state index contributed by atoms with van der Waals surface area (Å²) in [5.74, 6) is 1.27. The second-order valence-corrected chi connectivity index (χ2v) is 6.05. The van der Waals surface area contributed by atoms with Crippen LogP contribution in [0.25, 0.3) is 0 Å². The van der Waals surface area contributed by atoms with Gasteiger partial charge < -0.3 is 10.8 Å². The molecule has 0 saturated carbocycles. The van der Waals surface area contributed by atoms with Gasteiger partial charge in [0, 0.05) is 22.9 Å². The van der Waals surface area contributed by atoms with E-state index in [9.17, 15) is 0 Å². The third kappa shape index (κ3) is 4.45. The van der Waals surface area contributed by atoms with Crippen LogP contribution in [-0.4, -0.2) is 24.0 Å². The second-order valence-electron chi connectivity index (χ2n) is 3.90. The Bertz CT molecular complexity index is 304. The molecule has 16 heavy (non-hydrogen) atoms. The fourth-order valence-electron chi connectivity index (χ4n) is 1.31. The molecule has 0 heterocycles. The van der Waals surface area contributed by atoms with E-state index in [4.69, 9.17) is 10.8 Å². The number of halogens is 1. The Morgan fingerprint density at radius 1 is 1.38 bits per heavy atom. The molecule has 0 spiro atoms. The van der Waals surface area contributed by atoms with Gasteiger partial charge in [0.1, 0.15) is 0 Å². The first-order chi connectivity index (χ1) is 7.67. The Hall–Kier alpha value is -0.0300. The molecule has 3 N–H and O–H groups in total. The molecule has 0 aromatic heterocycles. The van der Waals surface area contributed by atoms with Gasteiger partial charge >= 0.3 is 0 Å². The fourth-order valence-corrected chi connectivity index (χ4v) is 2.73. The lowest BCUT2D eigenvalue weighted by Crippen LogP contribution is -2.12. The zero-order chi connectivity index (χ0) is 12.0. The highest BCUT2D eigenvalue weighted by Crippen LogP contribution is 2.29. The molecule has 0 saturated heterocycles. The van der Waals surface area contributed by atoms with Crippen molar-refractivity contribution in [2.24, 2.45) is 11.7 Å². The van der Waals surface area contributed by atoms with E-state index in [-0.39, 0.29) is 6.61 Å². The largest absolute Gasteiger partial charge is 0.396 e. The summed E-state index contributed by atoms with van der Waals surface area (Å²) in [6.45, 7) is 2.91. The maximum Gasteiger partial charge on any atom is 0.0464 e. The van der Waals surface area contributed by atoms with Crippen molar-refractivity contribution in [3.8, 4) is 0 Å². The van der Waals surface area contributed by atoms with Crippen LogP contribution in [0.4, 0.5) is 0 Å². The molecule has 2 nitrogen and oxygen atoms in total. The molecule has 1 aromatic rings. The zero-order valence-corrected chi connectivity index (χ0v) is 11.8. The van der Waals surface area contributed by atoms with Crippen LogP contribution in [0.15, 0.2) is 28.7 Å². The van der Waals surface area contributed by atoms with Gasteiger partial charge in [-0.05, 0) is 29.4 Å². The Morgan fingerprint density at radius 3 is 2.50 bits per heavy atom. The van der Waals surface area contributed by atoms with E-state index in [0.29, 0.717) is 17.7 Å². The number of thioether (sulfide) groups is 1. The van der Waals surface area contributed by atoms with Crippen molar-refractivity contribution >= 4 is 27.7 Å². The van der Waals surface area contributed by atoms with Gasteiger partial charge in [-0.1, -0.05) is 35.0 Å². The van der Waals surface area contributed by atoms with E-state index in [2.05, 4.69) is 28.1 Å². The second kappa shape index (κ2) is 7.33. The van der Waals surface area contributed by atoms with Gasteiger partial charge in [-0.15, -0.1) is 0 Å². The van der Waals surface area contributed by atoms with Gasteiger partial charge in [-0.25, -0.2) is 0 Å². The Labute approximate surface area is 110 Å². The highest BCUT2D eigenvalue weighted by atomic mass is 79.9. The van der Waals surface area contributed by atoms with Gasteiger partial charge in [0.2, 0.25) is 0 Å². The number of aliphatic hydroxyl groups excluding tert-OH is 1. The summed E-state index contributed by atoms with van der Waals surface area (Å²) in [6.07, 6.45) is 0. The van der Waals surface area contributed by atoms with Crippen molar-refractivity contribution in [2.45, 2.75) is 12.2 Å². The van der Waals surface area contributed by atoms with E-state index < -0.39 is 0 Å². The molecule has 0 bridgehead atoms. The first kappa shape index (κ1) is 14.0. The number of rotatable bonds is 6. The average Bonchev–Trinajstić information content (AvgIpc) is 2.31. The first-order valence-corrected chi connectivity index (χ1v) is 7.19. The van der Waals surface area contributed by atoms with Crippen molar-refractivity contribution in [3.63, 3.8) is 0 Å². The molecule has 2 atom stereocenters. The van der Waals surface area contributed by atoms with E-state index >= 15 is 0 Å². The topological polar surface area (TPSA) is 46.2 Å². The van der Waals surface area contributed by atoms with Crippen LogP contribution in [-0.2, 0) is 0 Å². The van der Waals surface area contributed by atoms with Crippen LogP contribution in [0.5, 0.6) is 0 Å². The first-order valence-electron chi connectivity index (χ1n) is 5.35. The van der Waals surface area contributed by atoms with Crippen molar-refractivity contribution in [3.05, 3.63) is 34.3 Å². The summed E-state index contributed by atoms with van der Waals surface area (Å²) < 4.78 is 1.08. The molecule has 2 unspecified atom stereocenters. The molecular formula is C12H18BrNOS. The summed E-state index contributed by atoms with van der Waals surface area (Å²) in [4.78, 5) is 0. The van der Waals surface area contributed by atoms with Crippen molar-refractivity contribution in [1.29, 1.82) is 0 Å². The van der Waals surface area contributed by atoms with Crippen molar-refractivity contribution in [2.75, 3.05) is 18.9 Å². The van der Waals surface area contributed by atoms with E-state index in [0.717, 1.165) is 10.2 Å². The molecule has 0 aliphatic heterocycles. The Kier molecular flexibility index (Phi) is 6.43. The lowest BCUT2D eigenvalue weighted by molar-refractivity contribution is 0.250. The summed E-state index contributed by atoms with van der Waals surface area (Å²) in [7, 11) is 0.